The number of Topliss-reactive ketones (excluding diaryl/α,β-unsaturated/α-hetero) is 1. The lowest BCUT2D eigenvalue weighted by molar-refractivity contribution is -0.123. The first kappa shape index (κ1) is 16.7. The third-order valence-corrected chi connectivity index (χ3v) is 5.25. The average molecular weight is 345 g/mol. The van der Waals surface area contributed by atoms with Crippen molar-refractivity contribution in [3.63, 3.8) is 0 Å². The summed E-state index contributed by atoms with van der Waals surface area (Å²) < 4.78 is 0. The van der Waals surface area contributed by atoms with Crippen LogP contribution in [0.2, 0.25) is 0 Å². The lowest BCUT2D eigenvalue weighted by atomic mass is 9.94. The van der Waals surface area contributed by atoms with Crippen molar-refractivity contribution in [3.8, 4) is 11.3 Å². The zero-order chi connectivity index (χ0) is 17.8. The summed E-state index contributed by atoms with van der Waals surface area (Å²) in [6.45, 7) is 0. The van der Waals surface area contributed by atoms with Crippen molar-refractivity contribution in [1.29, 1.82) is 0 Å². The van der Waals surface area contributed by atoms with Crippen LogP contribution < -0.4 is 0 Å². The van der Waals surface area contributed by atoms with Crippen LogP contribution in [0.1, 0.15) is 43.7 Å². The Bertz CT molecular complexity index is 851. The second-order valence-corrected chi connectivity index (χ2v) is 6.99. The van der Waals surface area contributed by atoms with Crippen LogP contribution >= 0.6 is 0 Å². The molecule has 2 aromatic carbocycles. The Kier molecular flexibility index (Phi) is 4.91. The van der Waals surface area contributed by atoms with Gasteiger partial charge in [0.1, 0.15) is 17.5 Å². The molecular formula is C22H23N3O. The Morgan fingerprint density at radius 3 is 2.35 bits per heavy atom. The zero-order valence-electron chi connectivity index (χ0n) is 14.8. The molecule has 4 heteroatoms. The molecule has 0 radical (unpaired) electrons. The fourth-order valence-corrected chi connectivity index (χ4v) is 3.78. The predicted molar refractivity (Wildman–Crippen MR) is 102 cm³/mol. The average Bonchev–Trinajstić information content (AvgIpc) is 3.39. The predicted octanol–water partition coefficient (Wildman–Crippen LogP) is 4.68. The second-order valence-electron chi connectivity index (χ2n) is 6.99. The first-order valence-corrected chi connectivity index (χ1v) is 9.36. The summed E-state index contributed by atoms with van der Waals surface area (Å²) in [5.74, 6) is 0.556. The van der Waals surface area contributed by atoms with E-state index < -0.39 is 0 Å². The molecule has 4 rings (SSSR count). The highest BCUT2D eigenvalue weighted by molar-refractivity contribution is 5.82. The van der Waals surface area contributed by atoms with E-state index in [0.29, 0.717) is 12.2 Å². The Balaban J connectivity index is 1.63. The molecule has 0 saturated heterocycles. The normalized spacial score (nSPS) is 15.8. The van der Waals surface area contributed by atoms with Gasteiger partial charge in [-0.15, -0.1) is 0 Å². The SMILES string of the molecule is O=C(CC(c1ccccc1)n1ncc(-c2ccccc2)n1)C1CCCC1. The van der Waals surface area contributed by atoms with Crippen LogP contribution in [0.5, 0.6) is 0 Å². The van der Waals surface area contributed by atoms with E-state index >= 15 is 0 Å². The number of ketones is 1. The molecule has 0 aliphatic heterocycles. The minimum atomic E-state index is -0.151. The van der Waals surface area contributed by atoms with Crippen LogP contribution in [-0.4, -0.2) is 20.8 Å². The first-order chi connectivity index (χ1) is 12.8. The monoisotopic (exact) mass is 345 g/mol. The van der Waals surface area contributed by atoms with Gasteiger partial charge in [-0.05, 0) is 18.4 Å². The maximum Gasteiger partial charge on any atom is 0.138 e. The van der Waals surface area contributed by atoms with Gasteiger partial charge >= 0.3 is 0 Å². The molecule has 1 aromatic heterocycles. The van der Waals surface area contributed by atoms with E-state index in [1.54, 1.807) is 11.0 Å². The molecule has 0 amide bonds. The maximum absolute atomic E-state index is 12.8. The highest BCUT2D eigenvalue weighted by Gasteiger charge is 2.27. The van der Waals surface area contributed by atoms with Gasteiger partial charge in [0, 0.05) is 17.9 Å². The van der Waals surface area contributed by atoms with Gasteiger partial charge < -0.3 is 0 Å². The summed E-state index contributed by atoms with van der Waals surface area (Å²) in [6, 6.07) is 20.0. The number of hydrogen-bond donors (Lipinski definition) is 0. The number of carbonyl (C=O) groups excluding carboxylic acids is 1. The number of rotatable bonds is 6. The third-order valence-electron chi connectivity index (χ3n) is 5.25. The molecule has 0 spiro atoms. The number of nitrogens with zero attached hydrogens (tertiary/aromatic N) is 3. The summed E-state index contributed by atoms with van der Waals surface area (Å²) in [5, 5.41) is 9.19. The van der Waals surface area contributed by atoms with Crippen molar-refractivity contribution in [2.45, 2.75) is 38.1 Å². The lowest BCUT2D eigenvalue weighted by Gasteiger charge is -2.18. The van der Waals surface area contributed by atoms with E-state index in [9.17, 15) is 4.79 Å². The maximum atomic E-state index is 12.8. The van der Waals surface area contributed by atoms with Crippen molar-refractivity contribution < 1.29 is 4.79 Å². The van der Waals surface area contributed by atoms with E-state index in [-0.39, 0.29) is 12.0 Å². The number of benzene rings is 2. The van der Waals surface area contributed by atoms with Crippen molar-refractivity contribution in [2.75, 3.05) is 0 Å². The van der Waals surface area contributed by atoms with Crippen LogP contribution in [0, 0.1) is 5.92 Å². The Morgan fingerprint density at radius 1 is 1.00 bits per heavy atom. The molecule has 1 unspecified atom stereocenters. The molecule has 1 atom stereocenters. The fraction of sp³-hybridized carbons (Fsp3) is 0.318. The highest BCUT2D eigenvalue weighted by Crippen LogP contribution is 2.30. The van der Waals surface area contributed by atoms with Gasteiger partial charge in [-0.3, -0.25) is 4.79 Å². The molecule has 1 aliphatic carbocycles. The largest absolute Gasteiger partial charge is 0.299 e. The van der Waals surface area contributed by atoms with Crippen LogP contribution in [0.25, 0.3) is 11.3 Å². The van der Waals surface area contributed by atoms with Crippen molar-refractivity contribution in [2.24, 2.45) is 5.92 Å². The Hall–Kier alpha value is -2.75. The highest BCUT2D eigenvalue weighted by atomic mass is 16.1. The van der Waals surface area contributed by atoms with E-state index in [0.717, 1.165) is 29.7 Å². The van der Waals surface area contributed by atoms with Gasteiger partial charge in [-0.2, -0.15) is 15.0 Å². The fourth-order valence-electron chi connectivity index (χ4n) is 3.78. The van der Waals surface area contributed by atoms with Gasteiger partial charge in [0.15, 0.2) is 0 Å². The van der Waals surface area contributed by atoms with Gasteiger partial charge in [0.05, 0.1) is 6.20 Å². The molecule has 132 valence electrons. The van der Waals surface area contributed by atoms with Gasteiger partial charge in [-0.1, -0.05) is 73.5 Å². The molecule has 4 nitrogen and oxygen atoms in total. The Labute approximate surface area is 153 Å². The third kappa shape index (κ3) is 3.59. The molecule has 1 saturated carbocycles. The minimum absolute atomic E-state index is 0.151. The van der Waals surface area contributed by atoms with Crippen molar-refractivity contribution in [1.82, 2.24) is 15.0 Å². The summed E-state index contributed by atoms with van der Waals surface area (Å²) in [7, 11) is 0. The smallest absolute Gasteiger partial charge is 0.138 e. The molecule has 1 aliphatic rings. The molecule has 0 N–H and O–H groups in total. The standard InChI is InChI=1S/C22H23N3O/c26-22(19-13-7-8-14-19)15-21(18-11-5-2-6-12-18)25-23-16-20(24-25)17-9-3-1-4-10-17/h1-6,9-12,16,19,21H,7-8,13-15H2. The second kappa shape index (κ2) is 7.65. The van der Waals surface area contributed by atoms with E-state index in [1.807, 2.05) is 48.5 Å². The number of carbonyl (C=O) groups is 1. The molecule has 1 fully saturated rings. The lowest BCUT2D eigenvalue weighted by Crippen LogP contribution is -2.21. The van der Waals surface area contributed by atoms with E-state index in [2.05, 4.69) is 17.2 Å². The van der Waals surface area contributed by atoms with Gasteiger partial charge in [0.25, 0.3) is 0 Å². The minimum Gasteiger partial charge on any atom is -0.299 e. The van der Waals surface area contributed by atoms with Crippen LogP contribution in [0.3, 0.4) is 0 Å². The van der Waals surface area contributed by atoms with Crippen LogP contribution in [0.4, 0.5) is 0 Å². The zero-order valence-corrected chi connectivity index (χ0v) is 14.8. The first-order valence-electron chi connectivity index (χ1n) is 9.36. The van der Waals surface area contributed by atoms with Gasteiger partial charge in [0.2, 0.25) is 0 Å². The number of hydrogen-bond acceptors (Lipinski definition) is 3. The summed E-state index contributed by atoms with van der Waals surface area (Å²) in [5.41, 5.74) is 2.95. The Morgan fingerprint density at radius 2 is 1.65 bits per heavy atom. The quantitative estimate of drug-likeness (QED) is 0.651. The molecule has 26 heavy (non-hydrogen) atoms. The topological polar surface area (TPSA) is 47.8 Å². The summed E-state index contributed by atoms with van der Waals surface area (Å²) in [4.78, 5) is 14.5. The van der Waals surface area contributed by atoms with Crippen molar-refractivity contribution >= 4 is 5.78 Å². The molecule has 3 aromatic rings. The van der Waals surface area contributed by atoms with E-state index in [4.69, 9.17) is 5.10 Å². The van der Waals surface area contributed by atoms with Crippen molar-refractivity contribution in [3.05, 3.63) is 72.4 Å². The molecule has 0 bridgehead atoms. The molecule has 1 heterocycles. The summed E-state index contributed by atoms with van der Waals surface area (Å²) >= 11 is 0. The number of aromatic nitrogens is 3. The van der Waals surface area contributed by atoms with Gasteiger partial charge in [-0.25, -0.2) is 0 Å². The summed E-state index contributed by atoms with van der Waals surface area (Å²) in [6.07, 6.45) is 6.64. The van der Waals surface area contributed by atoms with E-state index in [1.165, 1.54) is 12.8 Å². The van der Waals surface area contributed by atoms with Crippen LogP contribution in [0.15, 0.2) is 66.9 Å². The molecular weight excluding hydrogens is 322 g/mol. The van der Waals surface area contributed by atoms with Crippen LogP contribution in [-0.2, 0) is 4.79 Å².